The first kappa shape index (κ1) is 76.5. The van der Waals surface area contributed by atoms with Gasteiger partial charge in [0.1, 0.15) is 65.6 Å². The van der Waals surface area contributed by atoms with Crippen LogP contribution in [-0.2, 0) is 65.0 Å². The van der Waals surface area contributed by atoms with Crippen molar-refractivity contribution >= 4 is 49.1 Å². The van der Waals surface area contributed by atoms with E-state index in [1.807, 2.05) is 4.90 Å². The topological polar surface area (TPSA) is 312 Å². The average molecular weight is 1440 g/mol. The number of amides is 5. The monoisotopic (exact) mass is 1440 g/mol. The maximum absolute atomic E-state index is 15.8. The first-order valence-electron chi connectivity index (χ1n) is 37.1. The van der Waals surface area contributed by atoms with Crippen molar-refractivity contribution in [2.24, 2.45) is 11.3 Å². The minimum atomic E-state index is -4.54. The third-order valence-electron chi connectivity index (χ3n) is 21.6. The maximum atomic E-state index is 15.8. The van der Waals surface area contributed by atoms with Crippen molar-refractivity contribution < 1.29 is 75.8 Å². The fraction of sp³-hybridized carbons (Fsp3) is 0.597. The lowest BCUT2D eigenvalue weighted by atomic mass is 9.78. The van der Waals surface area contributed by atoms with Gasteiger partial charge in [-0.1, -0.05) is 89.2 Å². The molecule has 8 N–H and O–H groups in total. The van der Waals surface area contributed by atoms with E-state index in [0.29, 0.717) is 50.6 Å². The van der Waals surface area contributed by atoms with Gasteiger partial charge in [0.2, 0.25) is 29.5 Å². The molecule has 4 aromatic rings. The molecule has 15 atom stereocenters. The summed E-state index contributed by atoms with van der Waals surface area (Å²) in [7, 11) is -1.85. The number of phenols is 1. The van der Waals surface area contributed by atoms with Gasteiger partial charge in [0.05, 0.1) is 26.9 Å². The van der Waals surface area contributed by atoms with Crippen LogP contribution in [-0.4, -0.2) is 187 Å². The number of carbonyl (C=O) groups is 7. The van der Waals surface area contributed by atoms with E-state index in [1.54, 1.807) is 129 Å². The molecule has 25 nitrogen and oxygen atoms in total. The van der Waals surface area contributed by atoms with Crippen LogP contribution in [0.2, 0.25) is 0 Å². The van der Waals surface area contributed by atoms with E-state index in [1.165, 1.54) is 21.1 Å². The summed E-state index contributed by atoms with van der Waals surface area (Å²) in [6, 6.07) is 23.7. The van der Waals surface area contributed by atoms with Crippen molar-refractivity contribution in [2.45, 2.75) is 241 Å². The van der Waals surface area contributed by atoms with E-state index in [9.17, 15) is 33.6 Å². The highest BCUT2D eigenvalue weighted by molar-refractivity contribution is 7.49. The van der Waals surface area contributed by atoms with Crippen LogP contribution in [0.1, 0.15) is 149 Å². The third kappa shape index (κ3) is 18.7. The standard InChI is InChI=1S/C77H106N9O16P/c1-47(2)23-30-62(83-70(89)61-36-33-58(82-61)57-32-34-59(81-57)65-22-16-41-85(65)72(91)63(79-48(3)87)43-49-24-27-51(88)28-25-49)73(92)86-66(60-35-31-56(80-60)55-21-15-40-78-55)37-38-67(86)71(90)84-64(74(93)97-8)44-50-26-29-54(45-68(50)96-7)98-46-77(75(94)76(4,5)6)69(39-42-99-77)102-103(95,100-52-17-11-9-12-18-52)101-53-19-13-10-14-20-53/h9-14,17-20,24-29,45,47,55-67,69,78,80-82,88H,15-16,21-23,30-44,46H2,1-8H3,(H,79,87)(H,83,89)(H,84,90)/t55?,56?,57?,58?,59?,60?,61?,62-,63-,64-,65?,66?,67?,69?,77?/m0/s1. The summed E-state index contributed by atoms with van der Waals surface area (Å²) in [5, 5.41) is 34.0. The molecule has 11 rings (SSSR count). The van der Waals surface area contributed by atoms with E-state index in [4.69, 9.17) is 32.5 Å². The number of phosphoric acid groups is 1. The van der Waals surface area contributed by atoms with Crippen molar-refractivity contribution in [1.29, 1.82) is 0 Å². The van der Waals surface area contributed by atoms with Crippen LogP contribution in [0.4, 0.5) is 0 Å². The SMILES string of the molecule is COC(=O)[C@H](Cc1ccc(OCC2(C(=O)C(C)(C)C)OCCC2OP(=O)(Oc2ccccc2)Oc2ccccc2)cc1OC)NC(=O)C1CCC(C2CCC(C3CCCN3)N2)N1C(=O)[C@H](CCC(C)C)NC(=O)C1CCC(C2CCC(C3CCCN3C(=O)[C@H](Cc3ccc(O)cc3)NC(C)=O)N2)N1. The van der Waals surface area contributed by atoms with Gasteiger partial charge < -0.3 is 80.1 Å². The number of ketones is 1. The number of rotatable bonds is 30. The Morgan fingerprint density at radius 2 is 1.29 bits per heavy atom. The third-order valence-corrected chi connectivity index (χ3v) is 23.0. The number of nitrogens with one attached hydrogen (secondary N) is 7. The zero-order valence-corrected chi connectivity index (χ0v) is 61.6. The molecule has 560 valence electrons. The van der Waals surface area contributed by atoms with Crippen LogP contribution in [0.5, 0.6) is 28.7 Å². The van der Waals surface area contributed by atoms with Crippen molar-refractivity contribution in [3.05, 3.63) is 114 Å². The number of aromatic hydroxyl groups is 1. The fourth-order valence-electron chi connectivity index (χ4n) is 16.5. The molecule has 0 saturated carbocycles. The molecular weight excluding hydrogens is 1340 g/mol. The maximum Gasteiger partial charge on any atom is 0.587 e. The second kappa shape index (κ2) is 34.1. The highest BCUT2D eigenvalue weighted by atomic mass is 31.2. The highest BCUT2D eigenvalue weighted by Gasteiger charge is 2.59. The van der Waals surface area contributed by atoms with Crippen LogP contribution in [0, 0.1) is 11.3 Å². The molecule has 7 aliphatic heterocycles. The van der Waals surface area contributed by atoms with E-state index < -0.39 is 73.1 Å². The quantitative estimate of drug-likeness (QED) is 0.0185. The normalized spacial score (nSPS) is 27.3. The van der Waals surface area contributed by atoms with E-state index in [-0.39, 0.29) is 139 Å². The first-order chi connectivity index (χ1) is 49.4. The summed E-state index contributed by atoms with van der Waals surface area (Å²) < 4.78 is 57.2. The Kier molecular flexibility index (Phi) is 25.3. The Balaban J connectivity index is 0.773. The molecule has 0 bridgehead atoms. The zero-order chi connectivity index (χ0) is 73.2. The second-order valence-corrected chi connectivity index (χ2v) is 31.8. The fourth-order valence-corrected chi connectivity index (χ4v) is 18.0. The van der Waals surface area contributed by atoms with E-state index in [0.717, 1.165) is 63.5 Å². The summed E-state index contributed by atoms with van der Waals surface area (Å²) in [5.41, 5.74) is -1.49. The first-order valence-corrected chi connectivity index (χ1v) is 38.5. The van der Waals surface area contributed by atoms with Gasteiger partial charge in [-0.15, -0.1) is 0 Å². The number of methoxy groups -OCH3 is 2. The minimum Gasteiger partial charge on any atom is -0.508 e. The number of carbonyl (C=O) groups excluding carboxylic acids is 7. The Hall–Kier alpha value is -7.64. The Morgan fingerprint density at radius 1 is 0.650 bits per heavy atom. The number of nitrogens with zero attached hydrogens (tertiary/aromatic N) is 2. The molecule has 7 aliphatic rings. The van der Waals surface area contributed by atoms with Crippen molar-refractivity contribution in [1.82, 2.24) is 47.0 Å². The summed E-state index contributed by atoms with van der Waals surface area (Å²) in [4.78, 5) is 105. The molecule has 103 heavy (non-hydrogen) atoms. The highest BCUT2D eigenvalue weighted by Crippen LogP contribution is 2.54. The minimum absolute atomic E-state index is 0.00743. The molecular formula is C77H106N9O16P. The molecule has 12 unspecified atom stereocenters. The molecule has 7 heterocycles. The second-order valence-electron chi connectivity index (χ2n) is 30.3. The summed E-state index contributed by atoms with van der Waals surface area (Å²) in [6.45, 7) is 12.0. The molecule has 0 radical (unpaired) electrons. The number of ether oxygens (including phenoxy) is 4. The van der Waals surface area contributed by atoms with Crippen LogP contribution in [0.25, 0.3) is 0 Å². The lowest BCUT2D eigenvalue weighted by molar-refractivity contribution is -0.159. The van der Waals surface area contributed by atoms with Gasteiger partial charge in [-0.3, -0.25) is 33.3 Å². The number of Topliss-reactive ketones (excluding diaryl/α,β-unsaturated/α-hetero) is 1. The number of benzene rings is 4. The summed E-state index contributed by atoms with van der Waals surface area (Å²) >= 11 is 0. The largest absolute Gasteiger partial charge is 0.587 e. The molecule has 0 aromatic heterocycles. The number of phenolic OH excluding ortho intramolecular Hbond substituents is 1. The number of esters is 1. The van der Waals surface area contributed by atoms with Gasteiger partial charge in [-0.25, -0.2) is 9.36 Å². The molecule has 0 aliphatic carbocycles. The summed E-state index contributed by atoms with van der Waals surface area (Å²) in [6.07, 6.45) is 9.24. The number of likely N-dealkylation sites (tertiary alicyclic amines) is 2. The Morgan fingerprint density at radius 3 is 1.92 bits per heavy atom. The lowest BCUT2D eigenvalue weighted by Gasteiger charge is -2.37. The van der Waals surface area contributed by atoms with Gasteiger partial charge in [-0.2, -0.15) is 0 Å². The molecule has 26 heteroatoms. The number of phosphoric ester groups is 1. The van der Waals surface area contributed by atoms with Gasteiger partial charge in [-0.05, 0) is 156 Å². The predicted octanol–water partition coefficient (Wildman–Crippen LogP) is 7.54. The number of hydrogen-bond acceptors (Lipinski definition) is 20. The van der Waals surface area contributed by atoms with Crippen molar-refractivity contribution in [3.8, 4) is 28.7 Å². The van der Waals surface area contributed by atoms with Gasteiger partial charge in [0.25, 0.3) is 0 Å². The Labute approximate surface area is 605 Å². The van der Waals surface area contributed by atoms with Gasteiger partial charge >= 0.3 is 13.8 Å². The zero-order valence-electron chi connectivity index (χ0n) is 60.7. The molecule has 7 saturated heterocycles. The molecule has 5 amide bonds. The molecule has 0 spiro atoms. The van der Waals surface area contributed by atoms with Gasteiger partial charge in [0.15, 0.2) is 11.4 Å². The predicted molar refractivity (Wildman–Crippen MR) is 385 cm³/mol. The molecule has 7 fully saturated rings. The number of hydrogen-bond donors (Lipinski definition) is 8. The van der Waals surface area contributed by atoms with Crippen molar-refractivity contribution in [3.63, 3.8) is 0 Å². The van der Waals surface area contributed by atoms with Crippen LogP contribution in [0.15, 0.2) is 103 Å². The van der Waals surface area contributed by atoms with Gasteiger partial charge in [0, 0.05) is 92.5 Å². The van der Waals surface area contributed by atoms with Crippen molar-refractivity contribution in [2.75, 3.05) is 40.5 Å². The van der Waals surface area contributed by atoms with Crippen LogP contribution in [0.3, 0.4) is 0 Å². The van der Waals surface area contributed by atoms with Crippen LogP contribution < -0.4 is 55.7 Å². The van der Waals surface area contributed by atoms with E-state index >= 15 is 9.59 Å². The number of para-hydroxylation sites is 2. The summed E-state index contributed by atoms with van der Waals surface area (Å²) in [5.74, 6) is -1.48. The van der Waals surface area contributed by atoms with Crippen LogP contribution >= 0.6 is 7.82 Å². The lowest BCUT2D eigenvalue weighted by Crippen LogP contribution is -2.61. The smallest absolute Gasteiger partial charge is 0.508 e. The Bertz CT molecular complexity index is 3590. The molecule has 4 aromatic carbocycles. The average Bonchev–Trinajstić information content (AvgIpc) is 1.22. The van der Waals surface area contributed by atoms with E-state index in [2.05, 4.69) is 51.1 Å².